The van der Waals surface area contributed by atoms with E-state index in [1.807, 2.05) is 31.2 Å². The van der Waals surface area contributed by atoms with E-state index in [1.165, 1.54) is 0 Å². The van der Waals surface area contributed by atoms with Crippen molar-refractivity contribution >= 4 is 15.9 Å². The first-order valence-corrected chi connectivity index (χ1v) is 5.54. The highest BCUT2D eigenvalue weighted by atomic mass is 79.9. The van der Waals surface area contributed by atoms with Gasteiger partial charge in [-0.1, -0.05) is 22.0 Å². The van der Waals surface area contributed by atoms with Gasteiger partial charge in [-0.25, -0.2) is 0 Å². The second-order valence-electron chi connectivity index (χ2n) is 2.97. The monoisotopic (exact) mass is 274 g/mol. The van der Waals surface area contributed by atoms with Crippen molar-refractivity contribution in [1.82, 2.24) is 0 Å². The predicted molar refractivity (Wildman–Crippen MR) is 62.1 cm³/mol. The molecule has 1 aliphatic heterocycles. The van der Waals surface area contributed by atoms with Crippen molar-refractivity contribution in [3.05, 3.63) is 28.7 Å². The van der Waals surface area contributed by atoms with Crippen LogP contribution >= 0.6 is 15.9 Å². The first-order chi connectivity index (χ1) is 7.22. The van der Waals surface area contributed by atoms with Gasteiger partial charge in [0, 0.05) is 4.47 Å². The van der Waals surface area contributed by atoms with Crippen LogP contribution in [0.25, 0.3) is 0 Å². The maximum atomic E-state index is 4.96. The zero-order chi connectivity index (χ0) is 11.1. The minimum absolute atomic E-state index is 0.0463. The molecule has 0 N–H and O–H groups in total. The molecule has 2 rings (SSSR count). The van der Waals surface area contributed by atoms with Crippen LogP contribution in [0.3, 0.4) is 0 Å². The van der Waals surface area contributed by atoms with E-state index in [9.17, 15) is 0 Å². The van der Waals surface area contributed by atoms with Crippen LogP contribution in [-0.2, 0) is 9.47 Å². The third-order valence-electron chi connectivity index (χ3n) is 1.82. The average Bonchev–Trinajstić information content (AvgIpc) is 2.70. The van der Waals surface area contributed by atoms with E-state index in [0.29, 0.717) is 0 Å². The second kappa shape index (κ2) is 6.82. The minimum Gasteiger partial charge on any atom is -0.497 e. The van der Waals surface area contributed by atoms with E-state index in [0.717, 1.165) is 23.4 Å². The van der Waals surface area contributed by atoms with E-state index in [-0.39, 0.29) is 6.29 Å². The molecule has 0 aliphatic carbocycles. The van der Waals surface area contributed by atoms with Crippen LogP contribution in [0.15, 0.2) is 28.7 Å². The van der Waals surface area contributed by atoms with Gasteiger partial charge in [0.2, 0.25) is 0 Å². The Morgan fingerprint density at radius 3 is 2.33 bits per heavy atom. The zero-order valence-corrected chi connectivity index (χ0v) is 10.5. The molecule has 1 saturated heterocycles. The fourth-order valence-corrected chi connectivity index (χ4v) is 1.45. The van der Waals surface area contributed by atoms with E-state index in [2.05, 4.69) is 15.9 Å². The summed E-state index contributed by atoms with van der Waals surface area (Å²) in [5, 5.41) is 0. The van der Waals surface area contributed by atoms with Crippen molar-refractivity contribution in [3.8, 4) is 5.75 Å². The first kappa shape index (κ1) is 12.5. The third kappa shape index (κ3) is 5.16. The van der Waals surface area contributed by atoms with Gasteiger partial charge in [0.25, 0.3) is 0 Å². The Balaban J connectivity index is 0.000000162. The van der Waals surface area contributed by atoms with Crippen LogP contribution in [0, 0.1) is 0 Å². The molecule has 0 aromatic heterocycles. The Morgan fingerprint density at radius 1 is 1.33 bits per heavy atom. The van der Waals surface area contributed by atoms with Crippen molar-refractivity contribution in [2.24, 2.45) is 0 Å². The van der Waals surface area contributed by atoms with E-state index in [1.54, 1.807) is 7.11 Å². The minimum atomic E-state index is 0.0463. The van der Waals surface area contributed by atoms with Crippen molar-refractivity contribution < 1.29 is 14.2 Å². The van der Waals surface area contributed by atoms with E-state index < -0.39 is 0 Å². The molecule has 3 nitrogen and oxygen atoms in total. The van der Waals surface area contributed by atoms with Crippen molar-refractivity contribution in [2.75, 3.05) is 20.3 Å². The fraction of sp³-hybridized carbons (Fsp3) is 0.455. The van der Waals surface area contributed by atoms with Crippen LogP contribution < -0.4 is 4.74 Å². The van der Waals surface area contributed by atoms with Gasteiger partial charge in [0.05, 0.1) is 20.3 Å². The lowest BCUT2D eigenvalue weighted by Crippen LogP contribution is -1.97. The summed E-state index contributed by atoms with van der Waals surface area (Å²) in [4.78, 5) is 0. The molecule has 1 aromatic rings. The SMILES string of the molecule is CC1OCCO1.COc1cccc(Br)c1. The van der Waals surface area contributed by atoms with E-state index in [4.69, 9.17) is 14.2 Å². The summed E-state index contributed by atoms with van der Waals surface area (Å²) in [6.45, 7) is 3.43. The molecule has 0 saturated carbocycles. The average molecular weight is 275 g/mol. The van der Waals surface area contributed by atoms with Crippen LogP contribution in [0.1, 0.15) is 6.92 Å². The molecule has 1 fully saturated rings. The van der Waals surface area contributed by atoms with Crippen molar-refractivity contribution in [1.29, 1.82) is 0 Å². The summed E-state index contributed by atoms with van der Waals surface area (Å²) in [5.41, 5.74) is 0. The van der Waals surface area contributed by atoms with Gasteiger partial charge in [-0.05, 0) is 25.1 Å². The molecule has 84 valence electrons. The molecule has 0 spiro atoms. The van der Waals surface area contributed by atoms with Gasteiger partial charge >= 0.3 is 0 Å². The highest BCUT2D eigenvalue weighted by Crippen LogP contribution is 2.16. The third-order valence-corrected chi connectivity index (χ3v) is 2.31. The summed E-state index contributed by atoms with van der Waals surface area (Å²) in [6, 6.07) is 7.72. The topological polar surface area (TPSA) is 27.7 Å². The highest BCUT2D eigenvalue weighted by Gasteiger charge is 2.07. The Kier molecular flexibility index (Phi) is 5.68. The molecule has 1 heterocycles. The number of benzene rings is 1. The number of halogens is 1. The predicted octanol–water partition coefficient (Wildman–Crippen LogP) is 2.84. The second-order valence-corrected chi connectivity index (χ2v) is 3.89. The largest absolute Gasteiger partial charge is 0.497 e. The molecule has 0 atom stereocenters. The van der Waals surface area contributed by atoms with Gasteiger partial charge < -0.3 is 14.2 Å². The number of ether oxygens (including phenoxy) is 3. The van der Waals surface area contributed by atoms with Crippen LogP contribution in [0.4, 0.5) is 0 Å². The Hall–Kier alpha value is -0.580. The summed E-state index contributed by atoms with van der Waals surface area (Å²) in [6.07, 6.45) is 0.0463. The van der Waals surface area contributed by atoms with E-state index >= 15 is 0 Å². The standard InChI is InChI=1S/C7H7BrO.C4H8O2/c1-9-7-4-2-3-6(8)5-7;1-4-5-2-3-6-4/h2-5H,1H3;4H,2-3H2,1H3. The van der Waals surface area contributed by atoms with Gasteiger partial charge in [-0.3, -0.25) is 0 Å². The zero-order valence-electron chi connectivity index (χ0n) is 8.90. The molecule has 0 amide bonds. The molecule has 0 unspecified atom stereocenters. The maximum Gasteiger partial charge on any atom is 0.155 e. The number of methoxy groups -OCH3 is 1. The number of rotatable bonds is 1. The Bertz CT molecular complexity index is 285. The molecular weight excluding hydrogens is 260 g/mol. The summed E-state index contributed by atoms with van der Waals surface area (Å²) in [7, 11) is 1.65. The molecule has 0 radical (unpaired) electrons. The van der Waals surface area contributed by atoms with Gasteiger partial charge in [0.15, 0.2) is 6.29 Å². The molecule has 1 aromatic carbocycles. The lowest BCUT2D eigenvalue weighted by atomic mass is 10.3. The van der Waals surface area contributed by atoms with Crippen LogP contribution in [-0.4, -0.2) is 26.6 Å². The fourth-order valence-electron chi connectivity index (χ4n) is 1.07. The lowest BCUT2D eigenvalue weighted by Gasteiger charge is -1.96. The lowest BCUT2D eigenvalue weighted by molar-refractivity contribution is -0.0254. The molecule has 1 aliphatic rings. The summed E-state index contributed by atoms with van der Waals surface area (Å²) >= 11 is 3.32. The quantitative estimate of drug-likeness (QED) is 0.788. The Labute approximate surface area is 98.5 Å². The molecule has 4 heteroatoms. The van der Waals surface area contributed by atoms with Crippen molar-refractivity contribution in [3.63, 3.8) is 0 Å². The number of hydrogen-bond donors (Lipinski definition) is 0. The van der Waals surface area contributed by atoms with Crippen LogP contribution in [0.2, 0.25) is 0 Å². The van der Waals surface area contributed by atoms with Gasteiger partial charge in [-0.2, -0.15) is 0 Å². The normalized spacial score (nSPS) is 15.7. The molecular formula is C11H15BrO3. The highest BCUT2D eigenvalue weighted by molar-refractivity contribution is 9.10. The summed E-state index contributed by atoms with van der Waals surface area (Å²) in [5.74, 6) is 0.879. The smallest absolute Gasteiger partial charge is 0.155 e. The maximum absolute atomic E-state index is 4.96. The van der Waals surface area contributed by atoms with Gasteiger partial charge in [0.1, 0.15) is 5.75 Å². The molecule has 15 heavy (non-hydrogen) atoms. The number of hydrogen-bond acceptors (Lipinski definition) is 3. The Morgan fingerprint density at radius 2 is 2.00 bits per heavy atom. The molecule has 0 bridgehead atoms. The van der Waals surface area contributed by atoms with Crippen molar-refractivity contribution in [2.45, 2.75) is 13.2 Å². The van der Waals surface area contributed by atoms with Gasteiger partial charge in [-0.15, -0.1) is 0 Å². The van der Waals surface area contributed by atoms with Crippen LogP contribution in [0.5, 0.6) is 5.75 Å². The first-order valence-electron chi connectivity index (χ1n) is 4.75. The summed E-state index contributed by atoms with van der Waals surface area (Å²) < 4.78 is 15.9.